The van der Waals surface area contributed by atoms with E-state index in [-0.39, 0.29) is 10.6 Å². The van der Waals surface area contributed by atoms with Gasteiger partial charge in [-0.05, 0) is 24.3 Å². The Morgan fingerprint density at radius 3 is 2.29 bits per heavy atom. The van der Waals surface area contributed by atoms with Crippen LogP contribution in [0.3, 0.4) is 0 Å². The SMILES string of the molecule is O=c1c(Cl)csn1-c1ccc(Cl)cc1. The van der Waals surface area contributed by atoms with Gasteiger partial charge in [-0.2, -0.15) is 0 Å². The van der Waals surface area contributed by atoms with Gasteiger partial charge in [-0.15, -0.1) is 0 Å². The first-order valence-electron chi connectivity index (χ1n) is 3.81. The van der Waals surface area contributed by atoms with Crippen molar-refractivity contribution in [2.24, 2.45) is 0 Å². The maximum Gasteiger partial charge on any atom is 0.284 e. The summed E-state index contributed by atoms with van der Waals surface area (Å²) in [5.74, 6) is 0. The largest absolute Gasteiger partial charge is 0.284 e. The molecule has 0 spiro atoms. The predicted molar refractivity (Wildman–Crippen MR) is 59.9 cm³/mol. The van der Waals surface area contributed by atoms with E-state index < -0.39 is 0 Å². The lowest BCUT2D eigenvalue weighted by Gasteiger charge is -1.98. The van der Waals surface area contributed by atoms with Crippen LogP contribution in [0, 0.1) is 0 Å². The second-order valence-electron chi connectivity index (χ2n) is 2.65. The van der Waals surface area contributed by atoms with Crippen LogP contribution in [0.1, 0.15) is 0 Å². The van der Waals surface area contributed by atoms with Crippen LogP contribution in [0.25, 0.3) is 5.69 Å². The van der Waals surface area contributed by atoms with Gasteiger partial charge in [0.25, 0.3) is 5.56 Å². The number of benzene rings is 1. The standard InChI is InChI=1S/C9H5Cl2NOS/c10-6-1-3-7(4-2-6)12-9(13)8(11)5-14-12/h1-5H. The van der Waals surface area contributed by atoms with Gasteiger partial charge < -0.3 is 0 Å². The lowest BCUT2D eigenvalue weighted by molar-refractivity contribution is 1.13. The molecule has 2 rings (SSSR count). The van der Waals surface area contributed by atoms with Crippen molar-refractivity contribution in [1.82, 2.24) is 3.96 Å². The lowest BCUT2D eigenvalue weighted by Crippen LogP contribution is -2.10. The van der Waals surface area contributed by atoms with Gasteiger partial charge in [0.1, 0.15) is 5.02 Å². The van der Waals surface area contributed by atoms with Crippen molar-refractivity contribution < 1.29 is 0 Å². The molecule has 14 heavy (non-hydrogen) atoms. The van der Waals surface area contributed by atoms with Crippen LogP contribution in [0.5, 0.6) is 0 Å². The van der Waals surface area contributed by atoms with Gasteiger partial charge in [0.05, 0.1) is 5.69 Å². The zero-order chi connectivity index (χ0) is 10.1. The molecule has 2 nitrogen and oxygen atoms in total. The van der Waals surface area contributed by atoms with Crippen LogP contribution in [-0.4, -0.2) is 3.96 Å². The quantitative estimate of drug-likeness (QED) is 0.757. The number of halogens is 2. The first kappa shape index (κ1) is 9.77. The summed E-state index contributed by atoms with van der Waals surface area (Å²) in [4.78, 5) is 11.5. The molecule has 0 amide bonds. The summed E-state index contributed by atoms with van der Waals surface area (Å²) in [6.07, 6.45) is 0. The predicted octanol–water partition coefficient (Wildman–Crippen LogP) is 3.21. The van der Waals surface area contributed by atoms with Gasteiger partial charge >= 0.3 is 0 Å². The Kier molecular flexibility index (Phi) is 2.63. The van der Waals surface area contributed by atoms with Crippen LogP contribution in [-0.2, 0) is 0 Å². The molecule has 0 saturated carbocycles. The van der Waals surface area contributed by atoms with Gasteiger partial charge in [-0.1, -0.05) is 34.7 Å². The molecule has 1 heterocycles. The summed E-state index contributed by atoms with van der Waals surface area (Å²) in [6.45, 7) is 0. The second kappa shape index (κ2) is 3.77. The van der Waals surface area contributed by atoms with Crippen molar-refractivity contribution in [3.05, 3.63) is 50.0 Å². The molecule has 0 fully saturated rings. The van der Waals surface area contributed by atoms with E-state index in [4.69, 9.17) is 23.2 Å². The molecule has 0 radical (unpaired) electrons. The Bertz CT molecular complexity index is 500. The van der Waals surface area contributed by atoms with Crippen molar-refractivity contribution >= 4 is 34.7 Å². The van der Waals surface area contributed by atoms with Crippen molar-refractivity contribution in [2.75, 3.05) is 0 Å². The fraction of sp³-hybridized carbons (Fsp3) is 0. The van der Waals surface area contributed by atoms with Gasteiger partial charge in [0.2, 0.25) is 0 Å². The fourth-order valence-electron chi connectivity index (χ4n) is 1.05. The summed E-state index contributed by atoms with van der Waals surface area (Å²) in [5.41, 5.74) is 0.579. The Morgan fingerprint density at radius 1 is 1.14 bits per heavy atom. The highest BCUT2D eigenvalue weighted by atomic mass is 35.5. The number of hydrogen-bond acceptors (Lipinski definition) is 2. The third kappa shape index (κ3) is 1.71. The highest BCUT2D eigenvalue weighted by molar-refractivity contribution is 7.05. The van der Waals surface area contributed by atoms with E-state index in [2.05, 4.69) is 0 Å². The highest BCUT2D eigenvalue weighted by Crippen LogP contribution is 2.16. The van der Waals surface area contributed by atoms with E-state index >= 15 is 0 Å². The van der Waals surface area contributed by atoms with Crippen molar-refractivity contribution in [3.63, 3.8) is 0 Å². The van der Waals surface area contributed by atoms with Gasteiger partial charge in [0, 0.05) is 10.4 Å². The zero-order valence-corrected chi connectivity index (χ0v) is 9.23. The van der Waals surface area contributed by atoms with Crippen LogP contribution in [0.2, 0.25) is 10.0 Å². The normalized spacial score (nSPS) is 10.4. The summed E-state index contributed by atoms with van der Waals surface area (Å²) < 4.78 is 1.51. The average Bonchev–Trinajstić information content (AvgIpc) is 2.50. The molecule has 1 aromatic heterocycles. The van der Waals surface area contributed by atoms with E-state index in [9.17, 15) is 4.79 Å². The lowest BCUT2D eigenvalue weighted by atomic mass is 10.3. The van der Waals surface area contributed by atoms with Crippen molar-refractivity contribution in [1.29, 1.82) is 0 Å². The minimum absolute atomic E-state index is 0.195. The fourth-order valence-corrected chi connectivity index (χ4v) is 2.17. The molecule has 0 aliphatic rings. The van der Waals surface area contributed by atoms with E-state index in [0.717, 1.165) is 5.69 Å². The Morgan fingerprint density at radius 2 is 1.79 bits per heavy atom. The molecule has 0 N–H and O–H groups in total. The van der Waals surface area contributed by atoms with Gasteiger partial charge in [0.15, 0.2) is 0 Å². The molecular formula is C9H5Cl2NOS. The van der Waals surface area contributed by atoms with E-state index in [1.54, 1.807) is 29.6 Å². The molecule has 5 heteroatoms. The smallest absolute Gasteiger partial charge is 0.266 e. The van der Waals surface area contributed by atoms with Gasteiger partial charge in [-0.3, -0.25) is 4.79 Å². The molecule has 0 unspecified atom stereocenters. The van der Waals surface area contributed by atoms with Crippen molar-refractivity contribution in [2.45, 2.75) is 0 Å². The molecule has 0 bridgehead atoms. The average molecular weight is 246 g/mol. The minimum atomic E-state index is -0.195. The summed E-state index contributed by atoms with van der Waals surface area (Å²) in [6, 6.07) is 7.01. The maximum atomic E-state index is 11.5. The van der Waals surface area contributed by atoms with Crippen LogP contribution in [0.15, 0.2) is 34.4 Å². The molecular weight excluding hydrogens is 241 g/mol. The number of rotatable bonds is 1. The van der Waals surface area contributed by atoms with E-state index in [1.165, 1.54) is 15.5 Å². The molecule has 0 atom stereocenters. The molecule has 0 aliphatic heterocycles. The third-order valence-corrected chi connectivity index (χ3v) is 3.29. The Hall–Kier alpha value is -0.770. The first-order valence-corrected chi connectivity index (χ1v) is 5.40. The van der Waals surface area contributed by atoms with Crippen LogP contribution in [0.4, 0.5) is 0 Å². The number of hydrogen-bond donors (Lipinski definition) is 0. The van der Waals surface area contributed by atoms with Crippen molar-refractivity contribution in [3.8, 4) is 5.69 Å². The summed E-state index contributed by atoms with van der Waals surface area (Å²) in [5, 5.41) is 2.49. The maximum absolute atomic E-state index is 11.5. The number of nitrogens with zero attached hydrogens (tertiary/aromatic N) is 1. The zero-order valence-electron chi connectivity index (χ0n) is 6.91. The molecule has 0 saturated heterocycles. The van der Waals surface area contributed by atoms with E-state index in [1.807, 2.05) is 0 Å². The Balaban J connectivity index is 2.55. The second-order valence-corrected chi connectivity index (χ2v) is 4.30. The molecule has 2 aromatic rings. The Labute approximate surface area is 94.5 Å². The monoisotopic (exact) mass is 245 g/mol. The summed E-state index contributed by atoms with van der Waals surface area (Å²) in [7, 11) is 0. The molecule has 1 aromatic carbocycles. The van der Waals surface area contributed by atoms with Gasteiger partial charge in [-0.25, -0.2) is 3.96 Å². The number of aromatic nitrogens is 1. The first-order chi connectivity index (χ1) is 6.68. The third-order valence-electron chi connectivity index (χ3n) is 1.71. The van der Waals surface area contributed by atoms with E-state index in [0.29, 0.717) is 5.02 Å². The minimum Gasteiger partial charge on any atom is -0.266 e. The highest BCUT2D eigenvalue weighted by Gasteiger charge is 2.05. The topological polar surface area (TPSA) is 22.0 Å². The molecule has 0 aliphatic carbocycles. The van der Waals surface area contributed by atoms with Crippen LogP contribution >= 0.6 is 34.7 Å². The summed E-state index contributed by atoms with van der Waals surface area (Å²) >= 11 is 12.7. The molecule has 72 valence electrons. The van der Waals surface area contributed by atoms with Crippen LogP contribution < -0.4 is 5.56 Å².